The Morgan fingerprint density at radius 3 is 2.55 bits per heavy atom. The standard InChI is InChI=1S/C13H22BrN5O/c1-4-6-15-11-10(14)12(18-8-17-11)19-9(3)13(20)16-7-5-2/h8-9H,4-7H2,1-3H3,(H,16,20)(H2,15,17,18,19). The van der Waals surface area contributed by atoms with Crippen LogP contribution >= 0.6 is 15.9 Å². The summed E-state index contributed by atoms with van der Waals surface area (Å²) in [7, 11) is 0. The molecule has 0 aliphatic carbocycles. The molecule has 6 nitrogen and oxygen atoms in total. The molecule has 7 heteroatoms. The van der Waals surface area contributed by atoms with Gasteiger partial charge in [-0.15, -0.1) is 0 Å². The molecule has 1 amide bonds. The molecule has 0 fully saturated rings. The van der Waals surface area contributed by atoms with E-state index in [1.807, 2.05) is 6.92 Å². The van der Waals surface area contributed by atoms with Crippen molar-refractivity contribution in [1.82, 2.24) is 15.3 Å². The van der Waals surface area contributed by atoms with Crippen LogP contribution in [0.3, 0.4) is 0 Å². The third-order valence-corrected chi connectivity index (χ3v) is 3.38. The molecule has 0 saturated carbocycles. The summed E-state index contributed by atoms with van der Waals surface area (Å²) in [6.45, 7) is 7.42. The number of rotatable bonds is 8. The van der Waals surface area contributed by atoms with Gasteiger partial charge in [0, 0.05) is 13.1 Å². The highest BCUT2D eigenvalue weighted by molar-refractivity contribution is 9.10. The highest BCUT2D eigenvalue weighted by Crippen LogP contribution is 2.26. The Bertz CT molecular complexity index is 441. The number of halogens is 1. The summed E-state index contributed by atoms with van der Waals surface area (Å²) >= 11 is 3.46. The van der Waals surface area contributed by atoms with E-state index in [1.165, 1.54) is 6.33 Å². The minimum atomic E-state index is -0.355. The molecule has 0 aromatic carbocycles. The van der Waals surface area contributed by atoms with Gasteiger partial charge in [0.05, 0.1) is 0 Å². The number of carbonyl (C=O) groups is 1. The average Bonchev–Trinajstić information content (AvgIpc) is 2.45. The van der Waals surface area contributed by atoms with Crippen LogP contribution < -0.4 is 16.0 Å². The number of aromatic nitrogens is 2. The van der Waals surface area contributed by atoms with Crippen molar-refractivity contribution in [2.75, 3.05) is 23.7 Å². The van der Waals surface area contributed by atoms with E-state index in [-0.39, 0.29) is 11.9 Å². The maximum absolute atomic E-state index is 11.8. The molecule has 1 heterocycles. The van der Waals surface area contributed by atoms with Crippen molar-refractivity contribution < 1.29 is 4.79 Å². The van der Waals surface area contributed by atoms with Gasteiger partial charge in [-0.25, -0.2) is 9.97 Å². The molecule has 1 aromatic heterocycles. The molecule has 0 bridgehead atoms. The molecule has 0 aliphatic heterocycles. The van der Waals surface area contributed by atoms with E-state index in [4.69, 9.17) is 0 Å². The molecule has 0 radical (unpaired) electrons. The number of amides is 1. The maximum atomic E-state index is 11.8. The van der Waals surface area contributed by atoms with Gasteiger partial charge >= 0.3 is 0 Å². The fourth-order valence-electron chi connectivity index (χ4n) is 1.51. The first-order chi connectivity index (χ1) is 9.60. The first-order valence-corrected chi connectivity index (χ1v) is 7.68. The number of hydrogen-bond donors (Lipinski definition) is 3. The van der Waals surface area contributed by atoms with Crippen molar-refractivity contribution in [3.05, 3.63) is 10.8 Å². The van der Waals surface area contributed by atoms with Crippen LogP contribution in [0, 0.1) is 0 Å². The molecule has 1 aromatic rings. The molecule has 1 unspecified atom stereocenters. The summed E-state index contributed by atoms with van der Waals surface area (Å²) in [5.74, 6) is 1.30. The first kappa shape index (κ1) is 16.7. The maximum Gasteiger partial charge on any atom is 0.242 e. The third-order valence-electron chi connectivity index (χ3n) is 2.63. The Kier molecular flexibility index (Phi) is 7.28. The smallest absolute Gasteiger partial charge is 0.242 e. The predicted octanol–water partition coefficient (Wildman–Crippen LogP) is 2.39. The minimum absolute atomic E-state index is 0.0413. The summed E-state index contributed by atoms with van der Waals surface area (Å²) in [6, 6.07) is -0.355. The van der Waals surface area contributed by atoms with E-state index >= 15 is 0 Å². The summed E-state index contributed by atoms with van der Waals surface area (Å²) in [4.78, 5) is 20.2. The van der Waals surface area contributed by atoms with Gasteiger partial charge in [0.25, 0.3) is 0 Å². The topological polar surface area (TPSA) is 78.9 Å². The van der Waals surface area contributed by atoms with Gasteiger partial charge in [-0.3, -0.25) is 4.79 Å². The Morgan fingerprint density at radius 2 is 1.90 bits per heavy atom. The van der Waals surface area contributed by atoms with Gasteiger partial charge in [0.15, 0.2) is 0 Å². The van der Waals surface area contributed by atoms with Gasteiger partial charge in [0.2, 0.25) is 5.91 Å². The second-order valence-corrected chi connectivity index (χ2v) is 5.26. The van der Waals surface area contributed by atoms with Crippen LogP contribution in [0.2, 0.25) is 0 Å². The fraction of sp³-hybridized carbons (Fsp3) is 0.615. The van der Waals surface area contributed by atoms with Gasteiger partial charge < -0.3 is 16.0 Å². The Morgan fingerprint density at radius 1 is 1.25 bits per heavy atom. The Labute approximate surface area is 128 Å². The van der Waals surface area contributed by atoms with Crippen molar-refractivity contribution in [2.45, 2.75) is 39.7 Å². The number of nitrogens with zero attached hydrogens (tertiary/aromatic N) is 2. The second-order valence-electron chi connectivity index (χ2n) is 4.47. The predicted molar refractivity (Wildman–Crippen MR) is 84.9 cm³/mol. The number of nitrogens with one attached hydrogen (secondary N) is 3. The quantitative estimate of drug-likeness (QED) is 0.675. The third kappa shape index (κ3) is 4.96. The Hall–Kier alpha value is -1.37. The van der Waals surface area contributed by atoms with Crippen LogP contribution in [0.1, 0.15) is 33.6 Å². The lowest BCUT2D eigenvalue weighted by Gasteiger charge is -2.16. The lowest BCUT2D eigenvalue weighted by atomic mass is 10.3. The van der Waals surface area contributed by atoms with Gasteiger partial charge in [-0.2, -0.15) is 0 Å². The van der Waals surface area contributed by atoms with Crippen LogP contribution in [0.25, 0.3) is 0 Å². The van der Waals surface area contributed by atoms with Gasteiger partial charge in [-0.1, -0.05) is 13.8 Å². The molecule has 1 atom stereocenters. The zero-order valence-corrected chi connectivity index (χ0v) is 13.7. The van der Waals surface area contributed by atoms with Gasteiger partial charge in [0.1, 0.15) is 28.5 Å². The van der Waals surface area contributed by atoms with Crippen LogP contribution in [-0.4, -0.2) is 35.0 Å². The largest absolute Gasteiger partial charge is 0.369 e. The highest BCUT2D eigenvalue weighted by atomic mass is 79.9. The average molecular weight is 344 g/mol. The molecule has 3 N–H and O–H groups in total. The highest BCUT2D eigenvalue weighted by Gasteiger charge is 2.15. The molecular weight excluding hydrogens is 322 g/mol. The van der Waals surface area contributed by atoms with Crippen LogP contribution in [0.15, 0.2) is 10.8 Å². The van der Waals surface area contributed by atoms with Crippen LogP contribution in [0.5, 0.6) is 0 Å². The summed E-state index contributed by atoms with van der Waals surface area (Å²) in [6.07, 6.45) is 3.40. The first-order valence-electron chi connectivity index (χ1n) is 6.88. The van der Waals surface area contributed by atoms with Crippen molar-refractivity contribution in [3.8, 4) is 0 Å². The molecule has 0 aliphatic rings. The Balaban J connectivity index is 2.69. The number of anilines is 2. The van der Waals surface area contributed by atoms with Crippen molar-refractivity contribution >= 4 is 33.5 Å². The van der Waals surface area contributed by atoms with E-state index in [0.29, 0.717) is 12.4 Å². The van der Waals surface area contributed by atoms with E-state index in [1.54, 1.807) is 6.92 Å². The lowest BCUT2D eigenvalue weighted by Crippen LogP contribution is -2.38. The minimum Gasteiger partial charge on any atom is -0.369 e. The van der Waals surface area contributed by atoms with Gasteiger partial charge in [-0.05, 0) is 35.7 Å². The lowest BCUT2D eigenvalue weighted by molar-refractivity contribution is -0.121. The van der Waals surface area contributed by atoms with Crippen molar-refractivity contribution in [2.24, 2.45) is 0 Å². The molecule has 1 rings (SSSR count). The van der Waals surface area contributed by atoms with Crippen LogP contribution in [-0.2, 0) is 4.79 Å². The number of carbonyl (C=O) groups excluding carboxylic acids is 1. The normalized spacial score (nSPS) is 11.8. The SMILES string of the molecule is CCCNC(=O)C(C)Nc1ncnc(NCCC)c1Br. The molecule has 20 heavy (non-hydrogen) atoms. The monoisotopic (exact) mass is 343 g/mol. The zero-order valence-electron chi connectivity index (χ0n) is 12.2. The van der Waals surface area contributed by atoms with Crippen LogP contribution in [0.4, 0.5) is 11.6 Å². The molecule has 0 saturated heterocycles. The number of hydrogen-bond acceptors (Lipinski definition) is 5. The van der Waals surface area contributed by atoms with E-state index in [0.717, 1.165) is 29.7 Å². The van der Waals surface area contributed by atoms with E-state index in [9.17, 15) is 4.79 Å². The summed E-state index contributed by atoms with van der Waals surface area (Å²) in [5.41, 5.74) is 0. The molecular formula is C13H22BrN5O. The van der Waals surface area contributed by atoms with E-state index < -0.39 is 0 Å². The van der Waals surface area contributed by atoms with Crippen molar-refractivity contribution in [3.63, 3.8) is 0 Å². The summed E-state index contributed by atoms with van der Waals surface area (Å²) in [5, 5.41) is 9.13. The summed E-state index contributed by atoms with van der Waals surface area (Å²) < 4.78 is 0.739. The fourth-order valence-corrected chi connectivity index (χ4v) is 1.97. The zero-order chi connectivity index (χ0) is 15.0. The molecule has 112 valence electrons. The van der Waals surface area contributed by atoms with Crippen molar-refractivity contribution in [1.29, 1.82) is 0 Å². The molecule has 0 spiro atoms. The van der Waals surface area contributed by atoms with E-state index in [2.05, 4.69) is 48.8 Å². The second kappa shape index (κ2) is 8.73.